The van der Waals surface area contributed by atoms with Crippen LogP contribution in [0.1, 0.15) is 60.7 Å². The molecule has 0 radical (unpaired) electrons. The summed E-state index contributed by atoms with van der Waals surface area (Å²) in [6.07, 6.45) is 7.88. The summed E-state index contributed by atoms with van der Waals surface area (Å²) in [5, 5.41) is 2.80. The molecule has 2 heterocycles. The quantitative estimate of drug-likeness (QED) is 0.442. The minimum atomic E-state index is -0.447. The van der Waals surface area contributed by atoms with E-state index in [1.165, 1.54) is 42.7 Å². The van der Waals surface area contributed by atoms with Crippen LogP contribution in [-0.2, 0) is 9.59 Å². The molecule has 1 aromatic heterocycles. The van der Waals surface area contributed by atoms with Crippen molar-refractivity contribution in [1.29, 1.82) is 0 Å². The highest BCUT2D eigenvalue weighted by Gasteiger charge is 2.35. The number of hydrogen-bond donors (Lipinski definition) is 1. The second kappa shape index (κ2) is 8.19. The molecule has 0 unspecified atom stereocenters. The third-order valence-electron chi connectivity index (χ3n) is 6.22. The second-order valence-corrected chi connectivity index (χ2v) is 8.62. The number of nitrogens with zero attached hydrogens (tertiary/aromatic N) is 2. The number of para-hydroxylation sites is 1. The molecule has 2 aromatic rings. The highest BCUT2D eigenvalue weighted by Crippen LogP contribution is 2.33. The first kappa shape index (κ1) is 20.5. The van der Waals surface area contributed by atoms with Crippen LogP contribution in [0.15, 0.2) is 35.9 Å². The van der Waals surface area contributed by atoms with Crippen LogP contribution in [0.3, 0.4) is 0 Å². The third kappa shape index (κ3) is 3.60. The van der Waals surface area contributed by atoms with Gasteiger partial charge < -0.3 is 4.57 Å². The van der Waals surface area contributed by atoms with Crippen LogP contribution in [0.25, 0.3) is 6.08 Å². The molecule has 2 amide bonds. The Bertz CT molecular complexity index is 1060. The monoisotopic (exact) mass is 421 g/mol. The van der Waals surface area contributed by atoms with E-state index in [1.54, 1.807) is 6.08 Å². The predicted molar refractivity (Wildman–Crippen MR) is 123 cm³/mol. The zero-order valence-corrected chi connectivity index (χ0v) is 18.5. The molecule has 1 N–H and O–H groups in total. The van der Waals surface area contributed by atoms with Crippen molar-refractivity contribution in [2.45, 2.75) is 58.9 Å². The third-order valence-corrected chi connectivity index (χ3v) is 6.51. The Morgan fingerprint density at radius 3 is 2.47 bits per heavy atom. The number of aromatic nitrogens is 1. The first-order chi connectivity index (χ1) is 14.4. The number of carbonyl (C=O) groups is 2. The lowest BCUT2D eigenvalue weighted by atomic mass is 9.95. The fraction of sp³-hybridized carbons (Fsp3) is 0.375. The highest BCUT2D eigenvalue weighted by atomic mass is 32.1. The van der Waals surface area contributed by atoms with E-state index < -0.39 is 5.91 Å². The van der Waals surface area contributed by atoms with Crippen LogP contribution in [0.2, 0.25) is 0 Å². The van der Waals surface area contributed by atoms with Gasteiger partial charge in [-0.2, -0.15) is 0 Å². The van der Waals surface area contributed by atoms with Gasteiger partial charge in [0.05, 0.1) is 5.69 Å². The lowest BCUT2D eigenvalue weighted by molar-refractivity contribution is -0.122. The first-order valence-corrected chi connectivity index (χ1v) is 10.9. The number of carbonyl (C=O) groups excluding carboxylic acids is 2. The van der Waals surface area contributed by atoms with Crippen molar-refractivity contribution in [3.05, 3.63) is 58.4 Å². The lowest BCUT2D eigenvalue weighted by Gasteiger charge is -2.30. The number of thiocarbonyl (C=S) groups is 1. The van der Waals surface area contributed by atoms with Crippen molar-refractivity contribution >= 4 is 40.9 Å². The van der Waals surface area contributed by atoms with Gasteiger partial charge in [-0.05, 0) is 75.2 Å². The molecule has 2 fully saturated rings. The van der Waals surface area contributed by atoms with Gasteiger partial charge in [0.25, 0.3) is 11.8 Å². The smallest absolute Gasteiger partial charge is 0.270 e. The molecule has 1 saturated carbocycles. The molecule has 1 saturated heterocycles. The Morgan fingerprint density at radius 1 is 1.07 bits per heavy atom. The standard InChI is InChI=1S/C24H27N3O2S/c1-15-9-7-8-12-21(15)27-23(29)20(22(28)25-24(27)30)14-18-13-16(2)26(17(18)3)19-10-5-4-6-11-19/h7-9,12-14,19H,4-6,10-11H2,1-3H3,(H,25,28,30)/b20-14+. The summed E-state index contributed by atoms with van der Waals surface area (Å²) in [5.41, 5.74) is 4.89. The van der Waals surface area contributed by atoms with E-state index in [4.69, 9.17) is 12.2 Å². The van der Waals surface area contributed by atoms with E-state index in [0.29, 0.717) is 11.7 Å². The number of benzene rings is 1. The Kier molecular flexibility index (Phi) is 5.60. The summed E-state index contributed by atoms with van der Waals surface area (Å²) >= 11 is 5.32. The van der Waals surface area contributed by atoms with Crippen molar-refractivity contribution in [3.63, 3.8) is 0 Å². The number of hydrogen-bond acceptors (Lipinski definition) is 3. The number of rotatable bonds is 3. The molecule has 1 aliphatic heterocycles. The topological polar surface area (TPSA) is 54.3 Å². The van der Waals surface area contributed by atoms with E-state index in [1.807, 2.05) is 31.2 Å². The van der Waals surface area contributed by atoms with Crippen molar-refractivity contribution in [3.8, 4) is 0 Å². The van der Waals surface area contributed by atoms with Gasteiger partial charge in [0.1, 0.15) is 5.57 Å². The normalized spacial score (nSPS) is 19.5. The van der Waals surface area contributed by atoms with Gasteiger partial charge in [-0.1, -0.05) is 37.5 Å². The fourth-order valence-electron chi connectivity index (χ4n) is 4.70. The minimum Gasteiger partial charge on any atom is -0.346 e. The molecule has 156 valence electrons. The molecule has 1 aliphatic carbocycles. The summed E-state index contributed by atoms with van der Waals surface area (Å²) in [7, 11) is 0. The van der Waals surface area contributed by atoms with Crippen LogP contribution < -0.4 is 10.2 Å². The lowest BCUT2D eigenvalue weighted by Crippen LogP contribution is -2.54. The molecule has 6 heteroatoms. The van der Waals surface area contributed by atoms with Crippen LogP contribution in [0, 0.1) is 20.8 Å². The number of nitrogens with one attached hydrogen (secondary N) is 1. The Labute approximate surface area is 182 Å². The summed E-state index contributed by atoms with van der Waals surface area (Å²) in [6, 6.07) is 10.1. The zero-order valence-electron chi connectivity index (χ0n) is 17.7. The molecule has 5 nitrogen and oxygen atoms in total. The highest BCUT2D eigenvalue weighted by molar-refractivity contribution is 7.80. The molecule has 0 atom stereocenters. The van der Waals surface area contributed by atoms with E-state index in [9.17, 15) is 9.59 Å². The summed E-state index contributed by atoms with van der Waals surface area (Å²) in [4.78, 5) is 27.4. The minimum absolute atomic E-state index is 0.107. The average molecular weight is 422 g/mol. The Hall–Kier alpha value is -2.73. The number of aryl methyl sites for hydroxylation is 2. The molecule has 0 bridgehead atoms. The number of amides is 2. The van der Waals surface area contributed by atoms with Gasteiger partial charge in [0, 0.05) is 17.4 Å². The second-order valence-electron chi connectivity index (χ2n) is 8.23. The molecule has 0 spiro atoms. The van der Waals surface area contributed by atoms with Crippen LogP contribution >= 0.6 is 12.2 Å². The van der Waals surface area contributed by atoms with E-state index >= 15 is 0 Å². The van der Waals surface area contributed by atoms with E-state index in [-0.39, 0.29) is 16.6 Å². The van der Waals surface area contributed by atoms with Crippen molar-refractivity contribution in [2.75, 3.05) is 4.90 Å². The van der Waals surface area contributed by atoms with Crippen molar-refractivity contribution in [2.24, 2.45) is 0 Å². The van der Waals surface area contributed by atoms with Crippen LogP contribution in [-0.4, -0.2) is 21.5 Å². The van der Waals surface area contributed by atoms with Crippen LogP contribution in [0.5, 0.6) is 0 Å². The van der Waals surface area contributed by atoms with Gasteiger partial charge in [0.2, 0.25) is 0 Å². The van der Waals surface area contributed by atoms with E-state index in [0.717, 1.165) is 16.8 Å². The van der Waals surface area contributed by atoms with Crippen LogP contribution in [0.4, 0.5) is 5.69 Å². The van der Waals surface area contributed by atoms with Crippen molar-refractivity contribution < 1.29 is 9.59 Å². The van der Waals surface area contributed by atoms with E-state index in [2.05, 4.69) is 29.8 Å². The van der Waals surface area contributed by atoms with Gasteiger partial charge in [-0.3, -0.25) is 19.8 Å². The largest absolute Gasteiger partial charge is 0.346 e. The maximum atomic E-state index is 13.3. The Morgan fingerprint density at radius 2 is 1.77 bits per heavy atom. The summed E-state index contributed by atoms with van der Waals surface area (Å²) < 4.78 is 2.38. The molecule has 1 aromatic carbocycles. The summed E-state index contributed by atoms with van der Waals surface area (Å²) in [5.74, 6) is -0.835. The molecule has 30 heavy (non-hydrogen) atoms. The summed E-state index contributed by atoms with van der Waals surface area (Å²) in [6.45, 7) is 6.09. The van der Waals surface area contributed by atoms with Gasteiger partial charge in [-0.15, -0.1) is 0 Å². The predicted octanol–water partition coefficient (Wildman–Crippen LogP) is 4.75. The van der Waals surface area contributed by atoms with Gasteiger partial charge in [-0.25, -0.2) is 0 Å². The molecular formula is C24H27N3O2S. The van der Waals surface area contributed by atoms with Gasteiger partial charge in [0.15, 0.2) is 5.11 Å². The first-order valence-electron chi connectivity index (χ1n) is 10.5. The Balaban J connectivity index is 1.72. The van der Waals surface area contributed by atoms with Crippen molar-refractivity contribution in [1.82, 2.24) is 9.88 Å². The molecule has 4 rings (SSSR count). The zero-order chi connectivity index (χ0) is 21.4. The van der Waals surface area contributed by atoms with Gasteiger partial charge >= 0.3 is 0 Å². The number of anilines is 1. The fourth-order valence-corrected chi connectivity index (χ4v) is 4.97. The molecular weight excluding hydrogens is 394 g/mol. The SMILES string of the molecule is Cc1ccccc1N1C(=O)/C(=C/c2cc(C)n(C3CCCCC3)c2C)C(=O)NC1=S. The average Bonchev–Trinajstić information content (AvgIpc) is 3.00. The maximum Gasteiger partial charge on any atom is 0.270 e. The molecule has 2 aliphatic rings. The maximum absolute atomic E-state index is 13.3.